The Morgan fingerprint density at radius 2 is 1.94 bits per heavy atom. The predicted octanol–water partition coefficient (Wildman–Crippen LogP) is 4.86. The molecule has 11 heteroatoms. The molecule has 0 amide bonds. The number of hydrogen-bond donors (Lipinski definition) is 1. The highest BCUT2D eigenvalue weighted by atomic mass is 35.5. The van der Waals surface area contributed by atoms with E-state index in [0.29, 0.717) is 26.9 Å². The third kappa shape index (κ3) is 5.25. The van der Waals surface area contributed by atoms with E-state index < -0.39 is 10.0 Å². The number of nitrogens with one attached hydrogen (secondary N) is 1. The topological polar surface area (TPSA) is 74.2 Å². The van der Waals surface area contributed by atoms with Gasteiger partial charge < -0.3 is 0 Å². The van der Waals surface area contributed by atoms with Crippen LogP contribution in [-0.2, 0) is 14.9 Å². The van der Waals surface area contributed by atoms with Crippen molar-refractivity contribution in [3.63, 3.8) is 0 Å². The molecule has 7 nitrogen and oxygen atoms in total. The Balaban J connectivity index is 1.65. The minimum atomic E-state index is -4.01. The van der Waals surface area contributed by atoms with Gasteiger partial charge in [0.2, 0.25) is 0 Å². The second-order valence-corrected chi connectivity index (χ2v) is 10.2. The van der Waals surface area contributed by atoms with E-state index in [9.17, 15) is 12.8 Å². The second-order valence-electron chi connectivity index (χ2n) is 7.63. The molecule has 2 aliphatic rings. The smallest absolute Gasteiger partial charge is 0.253 e. The van der Waals surface area contributed by atoms with Crippen molar-refractivity contribution in [2.75, 3.05) is 13.7 Å². The fraction of sp³-hybridized carbons (Fsp3) is 0.174. The van der Waals surface area contributed by atoms with Crippen LogP contribution < -0.4 is 4.83 Å². The number of halogens is 3. The van der Waals surface area contributed by atoms with Gasteiger partial charge in [0.15, 0.2) is 0 Å². The Morgan fingerprint density at radius 3 is 2.59 bits per heavy atom. The molecule has 0 bridgehead atoms. The zero-order chi connectivity index (χ0) is 24.5. The minimum absolute atomic E-state index is 0.0629. The molecule has 1 unspecified atom stereocenters. The molecule has 2 aromatic rings. The molecule has 178 valence electrons. The number of benzene rings is 2. The first-order valence-electron chi connectivity index (χ1n) is 10.2. The first-order valence-corrected chi connectivity index (χ1v) is 12.4. The average molecular weight is 523 g/mol. The summed E-state index contributed by atoms with van der Waals surface area (Å²) in [6.07, 6.45) is 2.95. The van der Waals surface area contributed by atoms with Crippen LogP contribution in [0.15, 0.2) is 87.9 Å². The number of rotatable bonds is 7. The van der Waals surface area contributed by atoms with Crippen molar-refractivity contribution in [2.45, 2.75) is 12.3 Å². The van der Waals surface area contributed by atoms with Crippen LogP contribution in [0.25, 0.3) is 0 Å². The number of hydrazone groups is 1. The van der Waals surface area contributed by atoms with Crippen molar-refractivity contribution in [3.8, 4) is 0 Å². The van der Waals surface area contributed by atoms with Gasteiger partial charge in [0, 0.05) is 27.7 Å². The van der Waals surface area contributed by atoms with E-state index in [4.69, 9.17) is 28.0 Å². The number of nitrogens with zero attached hydrogens (tertiary/aromatic N) is 3. The molecule has 0 saturated heterocycles. The van der Waals surface area contributed by atoms with E-state index in [1.807, 2.05) is 0 Å². The van der Waals surface area contributed by atoms with Crippen molar-refractivity contribution in [3.05, 3.63) is 105 Å². The number of sulfonamides is 1. The molecule has 0 aromatic heterocycles. The Hall–Kier alpha value is -2.53. The van der Waals surface area contributed by atoms with E-state index in [2.05, 4.69) is 16.5 Å². The van der Waals surface area contributed by atoms with E-state index in [1.54, 1.807) is 36.4 Å². The molecule has 0 fully saturated rings. The van der Waals surface area contributed by atoms with Crippen LogP contribution in [0.3, 0.4) is 0 Å². The summed E-state index contributed by atoms with van der Waals surface area (Å²) in [6.45, 7) is 3.98. The Morgan fingerprint density at radius 1 is 1.21 bits per heavy atom. The quantitative estimate of drug-likeness (QED) is 0.525. The molecule has 1 aliphatic carbocycles. The summed E-state index contributed by atoms with van der Waals surface area (Å²) in [4.78, 5) is 7.75. The van der Waals surface area contributed by atoms with Crippen LogP contribution in [0.5, 0.6) is 0 Å². The summed E-state index contributed by atoms with van der Waals surface area (Å²) in [5.41, 5.74) is 2.53. The summed E-state index contributed by atoms with van der Waals surface area (Å²) in [7, 11) is -2.70. The normalized spacial score (nSPS) is 18.7. The molecule has 2 aromatic carbocycles. The van der Waals surface area contributed by atoms with E-state index in [1.165, 1.54) is 36.5 Å². The van der Waals surface area contributed by atoms with Crippen LogP contribution in [0.2, 0.25) is 5.02 Å². The van der Waals surface area contributed by atoms with Gasteiger partial charge >= 0.3 is 0 Å². The van der Waals surface area contributed by atoms with Gasteiger partial charge in [0.1, 0.15) is 5.82 Å². The molecule has 1 heterocycles. The fourth-order valence-corrected chi connectivity index (χ4v) is 4.99. The zero-order valence-electron chi connectivity index (χ0n) is 18.1. The lowest BCUT2D eigenvalue weighted by molar-refractivity contribution is -0.283. The highest BCUT2D eigenvalue weighted by Gasteiger charge is 2.35. The molecule has 1 aliphatic heterocycles. The van der Waals surface area contributed by atoms with Gasteiger partial charge in [0.25, 0.3) is 10.0 Å². The van der Waals surface area contributed by atoms with Gasteiger partial charge in [0.05, 0.1) is 24.3 Å². The van der Waals surface area contributed by atoms with Crippen molar-refractivity contribution in [2.24, 2.45) is 5.10 Å². The predicted molar refractivity (Wildman–Crippen MR) is 131 cm³/mol. The summed E-state index contributed by atoms with van der Waals surface area (Å²) in [5.74, 6) is -0.749. The van der Waals surface area contributed by atoms with Gasteiger partial charge in [-0.05, 0) is 53.1 Å². The molecular formula is C23H21Cl2FN4O3S. The maximum atomic E-state index is 14.0. The van der Waals surface area contributed by atoms with Gasteiger partial charge in [-0.3, -0.25) is 4.84 Å². The van der Waals surface area contributed by atoms with Crippen molar-refractivity contribution in [1.82, 2.24) is 15.2 Å². The fourth-order valence-electron chi connectivity index (χ4n) is 3.63. The van der Waals surface area contributed by atoms with Gasteiger partial charge in [-0.2, -0.15) is 10.2 Å². The first-order chi connectivity index (χ1) is 16.2. The molecular weight excluding hydrogens is 502 g/mol. The Bertz CT molecular complexity index is 1310. The molecule has 0 radical (unpaired) electrons. The van der Waals surface area contributed by atoms with E-state index in [0.717, 1.165) is 10.8 Å². The highest BCUT2D eigenvalue weighted by Crippen LogP contribution is 2.32. The molecule has 34 heavy (non-hydrogen) atoms. The van der Waals surface area contributed by atoms with Crippen LogP contribution in [0.1, 0.15) is 23.5 Å². The highest BCUT2D eigenvalue weighted by molar-refractivity contribution is 7.93. The maximum Gasteiger partial charge on any atom is 0.253 e. The van der Waals surface area contributed by atoms with Crippen molar-refractivity contribution < 1.29 is 17.6 Å². The number of hydrazine groups is 2. The van der Waals surface area contributed by atoms with Crippen LogP contribution in [0, 0.1) is 5.82 Å². The summed E-state index contributed by atoms with van der Waals surface area (Å²) < 4.78 is 40.0. The lowest BCUT2D eigenvalue weighted by Gasteiger charge is -2.28. The monoisotopic (exact) mass is 522 g/mol. The van der Waals surface area contributed by atoms with E-state index in [-0.39, 0.29) is 29.6 Å². The third-order valence-electron chi connectivity index (χ3n) is 5.36. The van der Waals surface area contributed by atoms with Gasteiger partial charge in [-0.25, -0.2) is 12.8 Å². The second kappa shape index (κ2) is 9.99. The summed E-state index contributed by atoms with van der Waals surface area (Å²) in [6, 6.07) is 13.2. The Labute approximate surface area is 207 Å². The van der Waals surface area contributed by atoms with Gasteiger partial charge in [-0.1, -0.05) is 58.9 Å². The lowest BCUT2D eigenvalue weighted by Crippen LogP contribution is -2.50. The molecule has 4 rings (SSSR count). The largest absolute Gasteiger partial charge is 0.267 e. The minimum Gasteiger partial charge on any atom is -0.267 e. The maximum absolute atomic E-state index is 14.0. The molecule has 0 saturated carbocycles. The molecule has 0 spiro atoms. The van der Waals surface area contributed by atoms with Crippen LogP contribution >= 0.6 is 23.2 Å². The zero-order valence-corrected chi connectivity index (χ0v) is 20.4. The van der Waals surface area contributed by atoms with Crippen LogP contribution in [0.4, 0.5) is 4.39 Å². The number of allylic oxidation sites excluding steroid dienone is 5. The van der Waals surface area contributed by atoms with Crippen LogP contribution in [-0.4, -0.2) is 38.2 Å². The van der Waals surface area contributed by atoms with Crippen molar-refractivity contribution >= 4 is 38.9 Å². The number of hydrogen-bond acceptors (Lipinski definition) is 6. The molecule has 1 atom stereocenters. The first kappa shape index (κ1) is 24.6. The SMILES string of the molecule is C=C1CC(S(=O)(=O)NN(OC)N2CC(c3cccc(F)c3)C(c3ccc(Cl)cc3)=N2)=CC=C1Cl. The standard InChI is InChI=1S/C23H21Cl2FN4O3S/c1-15-12-20(10-11-22(15)25)34(31,32)28-30(33-2)29-14-21(17-4-3-5-19(26)13-17)23(27-29)16-6-8-18(24)9-7-16/h3-11,13,21,28H,1,12,14H2,2H3. The average Bonchev–Trinajstić information content (AvgIpc) is 3.25. The van der Waals surface area contributed by atoms with E-state index >= 15 is 0 Å². The lowest BCUT2D eigenvalue weighted by atomic mass is 9.91. The van der Waals surface area contributed by atoms with Crippen molar-refractivity contribution in [1.29, 1.82) is 0 Å². The van der Waals surface area contributed by atoms with Gasteiger partial charge in [-0.15, -0.1) is 0 Å². The summed E-state index contributed by atoms with van der Waals surface area (Å²) in [5, 5.41) is 7.81. The summed E-state index contributed by atoms with van der Waals surface area (Å²) >= 11 is 12.0. The third-order valence-corrected chi connectivity index (χ3v) is 7.37. The Kier molecular flexibility index (Phi) is 7.22. The molecule has 1 N–H and O–H groups in total.